The van der Waals surface area contributed by atoms with Gasteiger partial charge in [-0.15, -0.1) is 6.58 Å². The molecule has 0 fully saturated rings. The first kappa shape index (κ1) is 16.3. The number of allylic oxidation sites excluding steroid dienone is 3. The van der Waals surface area contributed by atoms with Crippen LogP contribution in [0, 0.1) is 0 Å². The number of aryl methyl sites for hydroxylation is 1. The van der Waals surface area contributed by atoms with Gasteiger partial charge in [-0.1, -0.05) is 78.9 Å². The molecule has 0 aliphatic carbocycles. The normalized spacial score (nSPS) is 12.4. The van der Waals surface area contributed by atoms with Crippen LogP contribution in [0.15, 0.2) is 85.5 Å². The molecule has 0 aliphatic heterocycles. The zero-order valence-corrected chi connectivity index (χ0v) is 13.3. The molecule has 2 rings (SSSR count). The summed E-state index contributed by atoms with van der Waals surface area (Å²) in [5.41, 5.74) is 2.83. The molecule has 2 aromatic carbocycles. The molecule has 22 heavy (non-hydrogen) atoms. The van der Waals surface area contributed by atoms with Crippen molar-refractivity contribution in [2.24, 2.45) is 0 Å². The van der Waals surface area contributed by atoms with E-state index in [0.717, 1.165) is 19.3 Å². The number of hydrogen-bond donors (Lipinski definition) is 0. The summed E-state index contributed by atoms with van der Waals surface area (Å²) in [5, 5.41) is 0. The summed E-state index contributed by atoms with van der Waals surface area (Å²) >= 11 is 0. The number of rotatable bonds is 9. The molecule has 0 aromatic heterocycles. The Hall–Kier alpha value is -2.08. The van der Waals surface area contributed by atoms with Gasteiger partial charge in [0.05, 0.1) is 0 Å². The Bertz CT molecular complexity index is 551. The molecule has 0 radical (unpaired) electrons. The van der Waals surface area contributed by atoms with Crippen molar-refractivity contribution in [1.82, 2.24) is 0 Å². The lowest BCUT2D eigenvalue weighted by molar-refractivity contribution is 0.683. The molecule has 0 N–H and O–H groups in total. The summed E-state index contributed by atoms with van der Waals surface area (Å²) in [4.78, 5) is 0. The topological polar surface area (TPSA) is 0 Å². The second-order valence-electron chi connectivity index (χ2n) is 5.69. The van der Waals surface area contributed by atoms with Crippen molar-refractivity contribution in [3.8, 4) is 0 Å². The van der Waals surface area contributed by atoms with Crippen LogP contribution in [0.3, 0.4) is 0 Å². The Morgan fingerprint density at radius 3 is 2.23 bits per heavy atom. The van der Waals surface area contributed by atoms with E-state index in [9.17, 15) is 0 Å². The Labute approximate surface area is 135 Å². The Morgan fingerprint density at radius 2 is 1.55 bits per heavy atom. The van der Waals surface area contributed by atoms with Gasteiger partial charge in [0.15, 0.2) is 0 Å². The molecule has 1 unspecified atom stereocenters. The summed E-state index contributed by atoms with van der Waals surface area (Å²) in [6.07, 6.45) is 12.5. The first-order valence-corrected chi connectivity index (χ1v) is 8.26. The number of benzene rings is 2. The lowest BCUT2D eigenvalue weighted by atomic mass is 9.92. The highest BCUT2D eigenvalue weighted by Crippen LogP contribution is 2.24. The van der Waals surface area contributed by atoms with E-state index >= 15 is 0 Å². The fourth-order valence-electron chi connectivity index (χ4n) is 2.71. The van der Waals surface area contributed by atoms with Gasteiger partial charge >= 0.3 is 0 Å². The fraction of sp³-hybridized carbons (Fsp3) is 0.273. The highest BCUT2D eigenvalue weighted by atomic mass is 14.1. The molecule has 0 spiro atoms. The third kappa shape index (κ3) is 5.73. The smallest absolute Gasteiger partial charge is 0.00180 e. The average Bonchev–Trinajstić information content (AvgIpc) is 2.59. The van der Waals surface area contributed by atoms with Crippen molar-refractivity contribution < 1.29 is 0 Å². The lowest BCUT2D eigenvalue weighted by Gasteiger charge is -2.12. The second kappa shape index (κ2) is 9.78. The molecule has 0 bridgehead atoms. The molecule has 0 heteroatoms. The van der Waals surface area contributed by atoms with E-state index in [1.165, 1.54) is 24.0 Å². The van der Waals surface area contributed by atoms with Crippen molar-refractivity contribution in [3.63, 3.8) is 0 Å². The third-order valence-electron chi connectivity index (χ3n) is 3.96. The Kier molecular flexibility index (Phi) is 7.25. The maximum Gasteiger partial charge on any atom is 0.00180 e. The summed E-state index contributed by atoms with van der Waals surface area (Å²) in [7, 11) is 0. The van der Waals surface area contributed by atoms with E-state index in [-0.39, 0.29) is 0 Å². The van der Waals surface area contributed by atoms with Gasteiger partial charge in [0.25, 0.3) is 0 Å². The predicted molar refractivity (Wildman–Crippen MR) is 97.1 cm³/mol. The molecule has 0 heterocycles. The minimum Gasteiger partial charge on any atom is -0.103 e. The maximum absolute atomic E-state index is 3.82. The van der Waals surface area contributed by atoms with Crippen LogP contribution in [-0.4, -0.2) is 0 Å². The molecule has 1 atom stereocenters. The van der Waals surface area contributed by atoms with Gasteiger partial charge in [-0.05, 0) is 43.2 Å². The summed E-state index contributed by atoms with van der Waals surface area (Å²) in [6.45, 7) is 3.82. The SMILES string of the molecule is C=CCCCC(C=CCCc1ccccc1)c1ccccc1. The highest BCUT2D eigenvalue weighted by Gasteiger charge is 2.06. The van der Waals surface area contributed by atoms with Gasteiger partial charge in [-0.2, -0.15) is 0 Å². The average molecular weight is 290 g/mol. The van der Waals surface area contributed by atoms with E-state index in [0.29, 0.717) is 5.92 Å². The molecular formula is C22H26. The van der Waals surface area contributed by atoms with Crippen LogP contribution in [0.1, 0.15) is 42.7 Å². The van der Waals surface area contributed by atoms with E-state index in [1.54, 1.807) is 0 Å². The maximum atomic E-state index is 3.82. The van der Waals surface area contributed by atoms with E-state index < -0.39 is 0 Å². The summed E-state index contributed by atoms with van der Waals surface area (Å²) in [5.74, 6) is 0.525. The first-order chi connectivity index (χ1) is 10.9. The van der Waals surface area contributed by atoms with Crippen LogP contribution in [0.5, 0.6) is 0 Å². The van der Waals surface area contributed by atoms with E-state index in [4.69, 9.17) is 0 Å². The van der Waals surface area contributed by atoms with Gasteiger partial charge in [0, 0.05) is 5.92 Å². The molecular weight excluding hydrogens is 264 g/mol. The van der Waals surface area contributed by atoms with Gasteiger partial charge in [0.1, 0.15) is 0 Å². The quantitative estimate of drug-likeness (QED) is 0.374. The number of unbranched alkanes of at least 4 members (excludes halogenated alkanes) is 1. The van der Waals surface area contributed by atoms with E-state index in [1.807, 2.05) is 6.08 Å². The Morgan fingerprint density at radius 1 is 0.864 bits per heavy atom. The van der Waals surface area contributed by atoms with E-state index in [2.05, 4.69) is 79.4 Å². The second-order valence-corrected chi connectivity index (χ2v) is 5.69. The zero-order chi connectivity index (χ0) is 15.5. The van der Waals surface area contributed by atoms with Crippen molar-refractivity contribution in [3.05, 3.63) is 96.6 Å². The summed E-state index contributed by atoms with van der Waals surface area (Å²) in [6, 6.07) is 21.5. The monoisotopic (exact) mass is 290 g/mol. The molecule has 0 saturated carbocycles. The standard InChI is InChI=1S/C22H26/c1-2-3-6-16-21(22-17-9-5-10-18-22)19-12-11-15-20-13-7-4-8-14-20/h2,4-5,7-10,12-14,17-19,21H,1,3,6,11,15-16H2. The number of hydrogen-bond acceptors (Lipinski definition) is 0. The van der Waals surface area contributed by atoms with Crippen LogP contribution in [0.2, 0.25) is 0 Å². The van der Waals surface area contributed by atoms with Crippen LogP contribution < -0.4 is 0 Å². The van der Waals surface area contributed by atoms with Gasteiger partial charge in [0.2, 0.25) is 0 Å². The minimum atomic E-state index is 0.525. The van der Waals surface area contributed by atoms with Crippen molar-refractivity contribution in [2.45, 2.75) is 38.0 Å². The zero-order valence-electron chi connectivity index (χ0n) is 13.3. The molecule has 2 aromatic rings. The largest absolute Gasteiger partial charge is 0.103 e. The van der Waals surface area contributed by atoms with Gasteiger partial charge in [-0.25, -0.2) is 0 Å². The summed E-state index contributed by atoms with van der Waals surface area (Å²) < 4.78 is 0. The third-order valence-corrected chi connectivity index (χ3v) is 3.96. The van der Waals surface area contributed by atoms with Gasteiger partial charge in [-0.3, -0.25) is 0 Å². The van der Waals surface area contributed by atoms with Crippen LogP contribution in [-0.2, 0) is 6.42 Å². The van der Waals surface area contributed by atoms with Crippen LogP contribution in [0.25, 0.3) is 0 Å². The molecule has 0 aliphatic rings. The predicted octanol–water partition coefficient (Wildman–Crippen LogP) is 6.32. The molecule has 0 amide bonds. The van der Waals surface area contributed by atoms with Crippen LogP contribution >= 0.6 is 0 Å². The van der Waals surface area contributed by atoms with Crippen molar-refractivity contribution in [1.29, 1.82) is 0 Å². The highest BCUT2D eigenvalue weighted by molar-refractivity contribution is 5.24. The molecule has 0 saturated heterocycles. The van der Waals surface area contributed by atoms with Crippen molar-refractivity contribution >= 4 is 0 Å². The fourth-order valence-corrected chi connectivity index (χ4v) is 2.71. The minimum absolute atomic E-state index is 0.525. The Balaban J connectivity index is 1.90. The van der Waals surface area contributed by atoms with Crippen molar-refractivity contribution in [2.75, 3.05) is 0 Å². The van der Waals surface area contributed by atoms with Crippen LogP contribution in [0.4, 0.5) is 0 Å². The first-order valence-electron chi connectivity index (χ1n) is 8.26. The molecule has 114 valence electrons. The lowest BCUT2D eigenvalue weighted by Crippen LogP contribution is -1.95. The van der Waals surface area contributed by atoms with Gasteiger partial charge < -0.3 is 0 Å². The molecule has 0 nitrogen and oxygen atoms in total.